The van der Waals surface area contributed by atoms with Crippen molar-refractivity contribution >= 4 is 17.6 Å². The summed E-state index contributed by atoms with van der Waals surface area (Å²) in [6.07, 6.45) is 4.36. The molecule has 1 aliphatic carbocycles. The molecule has 1 aliphatic rings. The smallest absolute Gasteiger partial charge is 0.321 e. The minimum absolute atomic E-state index is 0.00241. The third-order valence-corrected chi connectivity index (χ3v) is 3.54. The Balaban J connectivity index is 2.09. The Labute approximate surface area is 107 Å². The summed E-state index contributed by atoms with van der Waals surface area (Å²) in [6, 6.07) is 10.3. The van der Waals surface area contributed by atoms with E-state index in [-0.39, 0.29) is 18.0 Å². The van der Waals surface area contributed by atoms with E-state index in [4.69, 9.17) is 16.3 Å². The van der Waals surface area contributed by atoms with Crippen molar-refractivity contribution in [1.82, 2.24) is 0 Å². The van der Waals surface area contributed by atoms with E-state index in [0.29, 0.717) is 5.92 Å². The van der Waals surface area contributed by atoms with Gasteiger partial charge in [0.15, 0.2) is 0 Å². The van der Waals surface area contributed by atoms with Gasteiger partial charge in [0, 0.05) is 5.92 Å². The number of carbonyl (C=O) groups is 1. The number of hydrogen-bond donors (Lipinski definition) is 0. The number of hydrogen-bond acceptors (Lipinski definition) is 2. The lowest BCUT2D eigenvalue weighted by Crippen LogP contribution is -2.29. The predicted octanol–water partition coefficient (Wildman–Crippen LogP) is 3.49. The van der Waals surface area contributed by atoms with Gasteiger partial charge < -0.3 is 4.74 Å². The Morgan fingerprint density at radius 2 is 1.94 bits per heavy atom. The molecule has 0 aliphatic heterocycles. The molecule has 1 fully saturated rings. The zero-order valence-electron chi connectivity index (χ0n) is 9.77. The Kier molecular flexibility index (Phi) is 4.43. The summed E-state index contributed by atoms with van der Waals surface area (Å²) in [6.45, 7) is 0. The molecule has 0 N–H and O–H groups in total. The predicted molar refractivity (Wildman–Crippen MR) is 68.3 cm³/mol. The van der Waals surface area contributed by atoms with Crippen LogP contribution in [0.3, 0.4) is 0 Å². The van der Waals surface area contributed by atoms with Gasteiger partial charge in [-0.1, -0.05) is 36.8 Å². The lowest BCUT2D eigenvalue weighted by molar-refractivity contribution is -0.148. The molecule has 92 valence electrons. The molecule has 2 atom stereocenters. The molecular weight excluding hydrogens is 236 g/mol. The number of halogens is 1. The number of esters is 1. The van der Waals surface area contributed by atoms with Crippen molar-refractivity contribution in [3.8, 4) is 0 Å². The zero-order chi connectivity index (χ0) is 12.1. The first kappa shape index (κ1) is 12.4. The first-order valence-electron chi connectivity index (χ1n) is 6.11. The first-order chi connectivity index (χ1) is 8.31. The van der Waals surface area contributed by atoms with Crippen LogP contribution >= 0.6 is 11.6 Å². The number of alkyl halides is 1. The molecule has 17 heavy (non-hydrogen) atoms. The highest BCUT2D eigenvalue weighted by Crippen LogP contribution is 2.34. The monoisotopic (exact) mass is 252 g/mol. The van der Waals surface area contributed by atoms with Crippen LogP contribution in [0.2, 0.25) is 0 Å². The molecule has 3 heteroatoms. The second-order valence-corrected chi connectivity index (χ2v) is 4.73. The largest absolute Gasteiger partial charge is 0.461 e. The van der Waals surface area contributed by atoms with Crippen LogP contribution in [0.25, 0.3) is 0 Å². The van der Waals surface area contributed by atoms with Gasteiger partial charge >= 0.3 is 5.97 Å². The van der Waals surface area contributed by atoms with Gasteiger partial charge in [-0.05, 0) is 24.8 Å². The topological polar surface area (TPSA) is 26.3 Å². The highest BCUT2D eigenvalue weighted by Gasteiger charge is 2.29. The maximum atomic E-state index is 11.3. The van der Waals surface area contributed by atoms with Crippen LogP contribution < -0.4 is 0 Å². The highest BCUT2D eigenvalue weighted by molar-refractivity contribution is 6.26. The molecule has 0 bridgehead atoms. The Morgan fingerprint density at radius 3 is 2.65 bits per heavy atom. The van der Waals surface area contributed by atoms with Crippen LogP contribution in [0, 0.1) is 0 Å². The molecule has 0 saturated heterocycles. The minimum atomic E-state index is -0.306. The Bertz CT molecular complexity index is 364. The van der Waals surface area contributed by atoms with Crippen molar-refractivity contribution in [2.24, 2.45) is 0 Å². The van der Waals surface area contributed by atoms with Crippen LogP contribution in [0.15, 0.2) is 30.3 Å². The molecule has 2 nitrogen and oxygen atoms in total. The van der Waals surface area contributed by atoms with Crippen molar-refractivity contribution in [3.05, 3.63) is 35.9 Å². The maximum Gasteiger partial charge on any atom is 0.321 e. The van der Waals surface area contributed by atoms with E-state index in [9.17, 15) is 4.79 Å². The summed E-state index contributed by atoms with van der Waals surface area (Å²) in [4.78, 5) is 11.3. The molecule has 0 unspecified atom stereocenters. The van der Waals surface area contributed by atoms with Crippen LogP contribution in [0.1, 0.15) is 37.2 Å². The van der Waals surface area contributed by atoms with Crippen molar-refractivity contribution in [1.29, 1.82) is 0 Å². The van der Waals surface area contributed by atoms with E-state index >= 15 is 0 Å². The van der Waals surface area contributed by atoms with Crippen LogP contribution in [0.5, 0.6) is 0 Å². The number of ether oxygens (including phenoxy) is 1. The van der Waals surface area contributed by atoms with E-state index in [1.807, 2.05) is 18.2 Å². The van der Waals surface area contributed by atoms with E-state index in [1.165, 1.54) is 12.0 Å². The molecule has 0 aromatic heterocycles. The third-order valence-electron chi connectivity index (χ3n) is 3.32. The average molecular weight is 253 g/mol. The summed E-state index contributed by atoms with van der Waals surface area (Å²) in [5, 5.41) is 0. The standard InChI is InChI=1S/C14H17ClO2/c15-10-14(16)17-13-9-5-4-8-12(13)11-6-2-1-3-7-11/h1-3,6-7,12-13H,4-5,8-10H2/t12-,13+/m1/s1. The lowest BCUT2D eigenvalue weighted by atomic mass is 9.81. The maximum absolute atomic E-state index is 11.3. The van der Waals surface area contributed by atoms with Crippen molar-refractivity contribution < 1.29 is 9.53 Å². The summed E-state index contributed by atoms with van der Waals surface area (Å²) in [5.74, 6) is -0.0329. The van der Waals surface area contributed by atoms with Gasteiger partial charge in [-0.25, -0.2) is 0 Å². The molecule has 1 aromatic rings. The third kappa shape index (κ3) is 3.22. The molecule has 0 heterocycles. The van der Waals surface area contributed by atoms with Crippen molar-refractivity contribution in [2.75, 3.05) is 5.88 Å². The SMILES string of the molecule is O=C(CCl)O[C@H]1CCCC[C@@H]1c1ccccc1. The van der Waals surface area contributed by atoms with E-state index in [2.05, 4.69) is 12.1 Å². The molecule has 1 saturated carbocycles. The Morgan fingerprint density at radius 1 is 1.24 bits per heavy atom. The first-order valence-corrected chi connectivity index (χ1v) is 6.65. The fourth-order valence-electron chi connectivity index (χ4n) is 2.52. The number of rotatable bonds is 3. The van der Waals surface area contributed by atoms with Crippen molar-refractivity contribution in [2.45, 2.75) is 37.7 Å². The van der Waals surface area contributed by atoms with E-state index in [0.717, 1.165) is 19.3 Å². The Hall–Kier alpha value is -1.02. The fraction of sp³-hybridized carbons (Fsp3) is 0.500. The van der Waals surface area contributed by atoms with Crippen LogP contribution in [-0.2, 0) is 9.53 Å². The summed E-state index contributed by atoms with van der Waals surface area (Å²) in [5.41, 5.74) is 1.26. The number of carbonyl (C=O) groups excluding carboxylic acids is 1. The zero-order valence-corrected chi connectivity index (χ0v) is 10.5. The van der Waals surface area contributed by atoms with Gasteiger partial charge in [-0.15, -0.1) is 11.6 Å². The quantitative estimate of drug-likeness (QED) is 0.608. The second kappa shape index (κ2) is 6.06. The lowest BCUT2D eigenvalue weighted by Gasteiger charge is -2.31. The van der Waals surface area contributed by atoms with Gasteiger partial charge in [-0.2, -0.15) is 0 Å². The van der Waals surface area contributed by atoms with Crippen LogP contribution in [0.4, 0.5) is 0 Å². The second-order valence-electron chi connectivity index (χ2n) is 4.46. The average Bonchev–Trinajstić information content (AvgIpc) is 2.40. The van der Waals surface area contributed by atoms with E-state index < -0.39 is 0 Å². The summed E-state index contributed by atoms with van der Waals surface area (Å²) >= 11 is 5.49. The molecule has 0 spiro atoms. The fourth-order valence-corrected chi connectivity index (χ4v) is 2.58. The number of benzene rings is 1. The summed E-state index contributed by atoms with van der Waals surface area (Å²) in [7, 11) is 0. The summed E-state index contributed by atoms with van der Waals surface area (Å²) < 4.78 is 5.44. The molecule has 0 amide bonds. The molecular formula is C14H17ClO2. The molecule has 2 rings (SSSR count). The van der Waals surface area contributed by atoms with Gasteiger partial charge in [0.2, 0.25) is 0 Å². The molecule has 0 radical (unpaired) electrons. The van der Waals surface area contributed by atoms with Crippen molar-refractivity contribution in [3.63, 3.8) is 0 Å². The highest BCUT2D eigenvalue weighted by atomic mass is 35.5. The van der Waals surface area contributed by atoms with E-state index in [1.54, 1.807) is 0 Å². The van der Waals surface area contributed by atoms with Gasteiger partial charge in [0.1, 0.15) is 12.0 Å². The normalized spacial score (nSPS) is 24.3. The van der Waals surface area contributed by atoms with Gasteiger partial charge in [-0.3, -0.25) is 4.79 Å². The molecule has 1 aromatic carbocycles. The van der Waals surface area contributed by atoms with Gasteiger partial charge in [0.05, 0.1) is 0 Å². The van der Waals surface area contributed by atoms with Gasteiger partial charge in [0.25, 0.3) is 0 Å². The minimum Gasteiger partial charge on any atom is -0.461 e. The van der Waals surface area contributed by atoms with Crippen LogP contribution in [-0.4, -0.2) is 18.0 Å².